The Morgan fingerprint density at radius 2 is 1.80 bits per heavy atom. The van der Waals surface area contributed by atoms with E-state index in [0.717, 1.165) is 43.1 Å². The molecule has 1 aliphatic heterocycles. The SMILES string of the molecule is O=C(O)C1CCC(C(=O)NC2CCN(Cc3ccccc3Cl)CC2)C1. The quantitative estimate of drug-likeness (QED) is 0.842. The van der Waals surface area contributed by atoms with Crippen molar-refractivity contribution in [2.45, 2.75) is 44.7 Å². The number of hydrogen-bond donors (Lipinski definition) is 2. The summed E-state index contributed by atoms with van der Waals surface area (Å²) in [6, 6.07) is 8.09. The second kappa shape index (κ2) is 8.19. The van der Waals surface area contributed by atoms with Crippen molar-refractivity contribution in [3.8, 4) is 0 Å². The zero-order valence-electron chi connectivity index (χ0n) is 14.3. The maximum Gasteiger partial charge on any atom is 0.306 e. The smallest absolute Gasteiger partial charge is 0.306 e. The fraction of sp³-hybridized carbons (Fsp3) is 0.579. The summed E-state index contributed by atoms with van der Waals surface area (Å²) in [6.07, 6.45) is 3.63. The third kappa shape index (κ3) is 4.73. The molecule has 1 heterocycles. The number of rotatable bonds is 5. The lowest BCUT2D eigenvalue weighted by molar-refractivity contribution is -0.141. The number of halogens is 1. The van der Waals surface area contributed by atoms with Crippen molar-refractivity contribution in [3.63, 3.8) is 0 Å². The molecule has 1 aromatic rings. The van der Waals surface area contributed by atoms with Gasteiger partial charge in [0.25, 0.3) is 0 Å². The van der Waals surface area contributed by atoms with Crippen LogP contribution >= 0.6 is 11.6 Å². The Morgan fingerprint density at radius 3 is 2.44 bits per heavy atom. The van der Waals surface area contributed by atoms with E-state index in [0.29, 0.717) is 19.3 Å². The minimum atomic E-state index is -0.775. The van der Waals surface area contributed by atoms with Crippen LogP contribution < -0.4 is 5.32 Å². The number of carboxylic acid groups (broad SMARTS) is 1. The first-order valence-corrected chi connectivity index (χ1v) is 9.39. The van der Waals surface area contributed by atoms with Crippen molar-refractivity contribution in [2.75, 3.05) is 13.1 Å². The van der Waals surface area contributed by atoms with Gasteiger partial charge in [0.15, 0.2) is 0 Å². The van der Waals surface area contributed by atoms with E-state index >= 15 is 0 Å². The Balaban J connectivity index is 1.43. The van der Waals surface area contributed by atoms with E-state index in [1.807, 2.05) is 18.2 Å². The molecule has 0 aromatic heterocycles. The molecule has 1 amide bonds. The van der Waals surface area contributed by atoms with Gasteiger partial charge in [0.1, 0.15) is 0 Å². The predicted molar refractivity (Wildman–Crippen MR) is 96.4 cm³/mol. The molecule has 2 unspecified atom stereocenters. The summed E-state index contributed by atoms with van der Waals surface area (Å²) in [7, 11) is 0. The van der Waals surface area contributed by atoms with E-state index in [2.05, 4.69) is 16.3 Å². The van der Waals surface area contributed by atoms with Gasteiger partial charge >= 0.3 is 5.97 Å². The highest BCUT2D eigenvalue weighted by atomic mass is 35.5. The van der Waals surface area contributed by atoms with Crippen LogP contribution in [0.3, 0.4) is 0 Å². The van der Waals surface area contributed by atoms with Gasteiger partial charge in [-0.2, -0.15) is 0 Å². The number of benzene rings is 1. The number of carbonyl (C=O) groups is 2. The Hall–Kier alpha value is -1.59. The summed E-state index contributed by atoms with van der Waals surface area (Å²) in [5.41, 5.74) is 1.14. The number of piperidine rings is 1. The molecule has 2 fully saturated rings. The van der Waals surface area contributed by atoms with Crippen LogP contribution in [-0.2, 0) is 16.1 Å². The monoisotopic (exact) mass is 364 g/mol. The van der Waals surface area contributed by atoms with Gasteiger partial charge in [0, 0.05) is 36.6 Å². The topological polar surface area (TPSA) is 69.6 Å². The van der Waals surface area contributed by atoms with Crippen molar-refractivity contribution in [2.24, 2.45) is 11.8 Å². The number of nitrogens with one attached hydrogen (secondary N) is 1. The Morgan fingerprint density at radius 1 is 1.12 bits per heavy atom. The number of carbonyl (C=O) groups excluding carboxylic acids is 1. The molecule has 0 radical (unpaired) electrons. The standard InChI is InChI=1S/C19H25ClN2O3/c20-17-4-2-1-3-15(17)12-22-9-7-16(8-10-22)21-18(23)13-5-6-14(11-13)19(24)25/h1-4,13-14,16H,5-12H2,(H,21,23)(H,24,25). The molecule has 1 saturated heterocycles. The van der Waals surface area contributed by atoms with Crippen LogP contribution in [0.4, 0.5) is 0 Å². The van der Waals surface area contributed by atoms with E-state index in [1.165, 1.54) is 0 Å². The van der Waals surface area contributed by atoms with E-state index < -0.39 is 5.97 Å². The predicted octanol–water partition coefficient (Wildman–Crippen LogP) is 2.92. The van der Waals surface area contributed by atoms with Gasteiger partial charge in [0.2, 0.25) is 5.91 Å². The van der Waals surface area contributed by atoms with Gasteiger partial charge in [-0.15, -0.1) is 0 Å². The minimum absolute atomic E-state index is 0.0355. The summed E-state index contributed by atoms with van der Waals surface area (Å²) in [4.78, 5) is 25.7. The van der Waals surface area contributed by atoms with Crippen LogP contribution in [0, 0.1) is 11.8 Å². The van der Waals surface area contributed by atoms with Gasteiger partial charge in [-0.05, 0) is 43.7 Å². The van der Waals surface area contributed by atoms with E-state index in [9.17, 15) is 9.59 Å². The molecule has 6 heteroatoms. The van der Waals surface area contributed by atoms with Gasteiger partial charge in [0.05, 0.1) is 5.92 Å². The van der Waals surface area contributed by atoms with Crippen molar-refractivity contribution >= 4 is 23.5 Å². The Labute approximate surface area is 153 Å². The normalized spacial score (nSPS) is 25.0. The van der Waals surface area contributed by atoms with Crippen LogP contribution in [0.2, 0.25) is 5.02 Å². The molecule has 2 N–H and O–H groups in total. The molecule has 0 bridgehead atoms. The highest BCUT2D eigenvalue weighted by Gasteiger charge is 2.34. The second-order valence-corrected chi connectivity index (χ2v) is 7.60. The summed E-state index contributed by atoms with van der Waals surface area (Å²) < 4.78 is 0. The fourth-order valence-electron chi connectivity index (χ4n) is 3.87. The molecule has 5 nitrogen and oxygen atoms in total. The first kappa shape index (κ1) is 18.2. The third-order valence-electron chi connectivity index (χ3n) is 5.44. The molecule has 2 atom stereocenters. The Bertz CT molecular complexity index is 629. The molecule has 1 aliphatic carbocycles. The zero-order valence-corrected chi connectivity index (χ0v) is 15.0. The third-order valence-corrected chi connectivity index (χ3v) is 5.81. The highest BCUT2D eigenvalue weighted by Crippen LogP contribution is 2.31. The molecule has 136 valence electrons. The van der Waals surface area contributed by atoms with Crippen molar-refractivity contribution in [1.82, 2.24) is 10.2 Å². The van der Waals surface area contributed by atoms with Crippen LogP contribution in [0.5, 0.6) is 0 Å². The average molecular weight is 365 g/mol. The lowest BCUT2D eigenvalue weighted by Gasteiger charge is -2.33. The average Bonchev–Trinajstić information content (AvgIpc) is 3.09. The number of nitrogens with zero attached hydrogens (tertiary/aromatic N) is 1. The number of amides is 1. The van der Waals surface area contributed by atoms with Gasteiger partial charge in [-0.25, -0.2) is 0 Å². The molecule has 1 aromatic carbocycles. The van der Waals surface area contributed by atoms with E-state index in [4.69, 9.17) is 16.7 Å². The van der Waals surface area contributed by atoms with Crippen molar-refractivity contribution < 1.29 is 14.7 Å². The molecular formula is C19H25ClN2O3. The van der Waals surface area contributed by atoms with Crippen molar-refractivity contribution in [3.05, 3.63) is 34.9 Å². The van der Waals surface area contributed by atoms with Crippen LogP contribution in [0.15, 0.2) is 24.3 Å². The number of carboxylic acids is 1. The molecular weight excluding hydrogens is 340 g/mol. The van der Waals surface area contributed by atoms with Gasteiger partial charge < -0.3 is 10.4 Å². The van der Waals surface area contributed by atoms with Crippen molar-refractivity contribution in [1.29, 1.82) is 0 Å². The molecule has 2 aliphatic rings. The first-order valence-electron chi connectivity index (χ1n) is 9.02. The zero-order chi connectivity index (χ0) is 17.8. The maximum absolute atomic E-state index is 12.4. The van der Waals surface area contributed by atoms with Crippen LogP contribution in [0.1, 0.15) is 37.7 Å². The number of hydrogen-bond acceptors (Lipinski definition) is 3. The molecule has 3 rings (SSSR count). The Kier molecular flexibility index (Phi) is 5.97. The largest absolute Gasteiger partial charge is 0.481 e. The van der Waals surface area contributed by atoms with E-state index in [1.54, 1.807) is 0 Å². The summed E-state index contributed by atoms with van der Waals surface area (Å²) in [5, 5.41) is 13.0. The fourth-order valence-corrected chi connectivity index (χ4v) is 4.06. The molecule has 25 heavy (non-hydrogen) atoms. The van der Waals surface area contributed by atoms with Crippen LogP contribution in [0.25, 0.3) is 0 Å². The number of likely N-dealkylation sites (tertiary alicyclic amines) is 1. The summed E-state index contributed by atoms with van der Waals surface area (Å²) >= 11 is 6.22. The summed E-state index contributed by atoms with van der Waals surface area (Å²) in [6.45, 7) is 2.69. The lowest BCUT2D eigenvalue weighted by Crippen LogP contribution is -2.45. The second-order valence-electron chi connectivity index (χ2n) is 7.20. The van der Waals surface area contributed by atoms with E-state index in [-0.39, 0.29) is 23.8 Å². The molecule has 0 spiro atoms. The number of aliphatic carboxylic acids is 1. The molecule has 1 saturated carbocycles. The lowest BCUT2D eigenvalue weighted by atomic mass is 10.0. The first-order chi connectivity index (χ1) is 12.0. The van der Waals surface area contributed by atoms with Crippen LogP contribution in [-0.4, -0.2) is 41.0 Å². The maximum atomic E-state index is 12.4. The summed E-state index contributed by atoms with van der Waals surface area (Å²) in [5.74, 6) is -1.23. The minimum Gasteiger partial charge on any atom is -0.481 e. The highest BCUT2D eigenvalue weighted by molar-refractivity contribution is 6.31. The van der Waals surface area contributed by atoms with Gasteiger partial charge in [-0.1, -0.05) is 29.8 Å². The van der Waals surface area contributed by atoms with Gasteiger partial charge in [-0.3, -0.25) is 14.5 Å².